The number of carboxylic acid groups (broad SMARTS) is 1. The normalized spacial score (nSPS) is 14.0. The Morgan fingerprint density at radius 3 is 2.06 bits per heavy atom. The first-order valence-corrected chi connectivity index (χ1v) is 12.5. The molecular formula is C24H37N3O6S. The molecule has 0 fully saturated rings. The highest BCUT2D eigenvalue weighted by molar-refractivity contribution is 7.98. The van der Waals surface area contributed by atoms with Crippen LogP contribution in [0, 0.1) is 5.92 Å². The van der Waals surface area contributed by atoms with Crippen LogP contribution in [0.25, 0.3) is 0 Å². The van der Waals surface area contributed by atoms with E-state index in [1.807, 2.05) is 30.3 Å². The first-order chi connectivity index (χ1) is 15.8. The quantitative estimate of drug-likeness (QED) is 0.431. The van der Waals surface area contributed by atoms with Crippen molar-refractivity contribution in [1.82, 2.24) is 15.5 Å². The van der Waals surface area contributed by atoms with Gasteiger partial charge in [-0.05, 0) is 38.5 Å². The van der Waals surface area contributed by atoms with Crippen molar-refractivity contribution >= 4 is 35.6 Å². The van der Waals surface area contributed by atoms with Crippen molar-refractivity contribution in [2.75, 3.05) is 19.1 Å². The van der Waals surface area contributed by atoms with E-state index in [9.17, 15) is 24.3 Å². The number of nitrogens with one attached hydrogen (secondary N) is 2. The third-order valence-corrected chi connectivity index (χ3v) is 5.53. The van der Waals surface area contributed by atoms with E-state index in [0.717, 1.165) is 5.56 Å². The molecule has 0 aliphatic rings. The Balaban J connectivity index is 3.15. The molecule has 10 heteroatoms. The highest BCUT2D eigenvalue weighted by Gasteiger charge is 2.35. The van der Waals surface area contributed by atoms with Gasteiger partial charge in [0.25, 0.3) is 0 Å². The fraction of sp³-hybridized carbons (Fsp3) is 0.583. The lowest BCUT2D eigenvalue weighted by atomic mass is 10.00. The minimum Gasteiger partial charge on any atom is -0.480 e. The molecular weight excluding hydrogens is 458 g/mol. The van der Waals surface area contributed by atoms with E-state index in [4.69, 9.17) is 4.74 Å². The molecule has 0 heterocycles. The van der Waals surface area contributed by atoms with Crippen LogP contribution < -0.4 is 10.6 Å². The summed E-state index contributed by atoms with van der Waals surface area (Å²) in [7, 11) is 1.48. The number of hydrogen-bond acceptors (Lipinski definition) is 6. The van der Waals surface area contributed by atoms with Crippen LogP contribution in [0.15, 0.2) is 30.3 Å². The maximum atomic E-state index is 13.3. The lowest BCUT2D eigenvalue weighted by molar-refractivity contribution is -0.141. The Morgan fingerprint density at radius 1 is 1.03 bits per heavy atom. The van der Waals surface area contributed by atoms with Crippen LogP contribution in [-0.2, 0) is 25.5 Å². The number of thioether (sulfide) groups is 1. The predicted octanol–water partition coefficient (Wildman–Crippen LogP) is 2.54. The minimum atomic E-state index is -1.16. The van der Waals surface area contributed by atoms with Gasteiger partial charge in [0, 0.05) is 19.2 Å². The average molecular weight is 496 g/mol. The summed E-state index contributed by atoms with van der Waals surface area (Å²) in [6, 6.07) is 6.06. The van der Waals surface area contributed by atoms with E-state index in [0.29, 0.717) is 0 Å². The van der Waals surface area contributed by atoms with Gasteiger partial charge in [0.1, 0.15) is 23.7 Å². The zero-order chi connectivity index (χ0) is 26.1. The second-order valence-electron chi connectivity index (χ2n) is 9.39. The van der Waals surface area contributed by atoms with Gasteiger partial charge >= 0.3 is 12.1 Å². The van der Waals surface area contributed by atoms with Gasteiger partial charge in [0.05, 0.1) is 0 Å². The van der Waals surface area contributed by atoms with Crippen molar-refractivity contribution in [3.63, 3.8) is 0 Å². The molecule has 34 heavy (non-hydrogen) atoms. The Bertz CT molecular complexity index is 841. The number of rotatable bonds is 11. The van der Waals surface area contributed by atoms with Gasteiger partial charge in [-0.15, -0.1) is 0 Å². The number of carbonyl (C=O) groups is 4. The average Bonchev–Trinajstić information content (AvgIpc) is 2.72. The molecule has 3 N–H and O–H groups in total. The van der Waals surface area contributed by atoms with E-state index in [-0.39, 0.29) is 18.1 Å². The van der Waals surface area contributed by atoms with Gasteiger partial charge in [0.2, 0.25) is 11.8 Å². The molecule has 0 aliphatic carbocycles. The van der Waals surface area contributed by atoms with E-state index in [1.165, 1.54) is 23.7 Å². The Hall–Kier alpha value is -2.75. The van der Waals surface area contributed by atoms with Crippen molar-refractivity contribution in [2.45, 2.75) is 64.8 Å². The molecule has 0 spiro atoms. The molecule has 0 saturated carbocycles. The van der Waals surface area contributed by atoms with Crippen LogP contribution in [-0.4, -0.2) is 76.7 Å². The van der Waals surface area contributed by atoms with Gasteiger partial charge in [0.15, 0.2) is 0 Å². The largest absolute Gasteiger partial charge is 0.480 e. The number of ether oxygens (including phenoxy) is 1. The topological polar surface area (TPSA) is 125 Å². The first kappa shape index (κ1) is 29.3. The third kappa shape index (κ3) is 9.62. The van der Waals surface area contributed by atoms with E-state index in [2.05, 4.69) is 10.6 Å². The fourth-order valence-electron chi connectivity index (χ4n) is 3.30. The summed E-state index contributed by atoms with van der Waals surface area (Å²) in [6.45, 7) is 8.78. The predicted molar refractivity (Wildman–Crippen MR) is 133 cm³/mol. The first-order valence-electron chi connectivity index (χ1n) is 11.1. The zero-order valence-corrected chi connectivity index (χ0v) is 21.8. The van der Waals surface area contributed by atoms with Gasteiger partial charge < -0.3 is 20.5 Å². The zero-order valence-electron chi connectivity index (χ0n) is 21.0. The van der Waals surface area contributed by atoms with Crippen molar-refractivity contribution in [1.29, 1.82) is 0 Å². The van der Waals surface area contributed by atoms with Crippen LogP contribution >= 0.6 is 11.8 Å². The standard InChI is InChI=1S/C24H37N3O6S/c1-15(2)19(27(6)23(32)33-24(3,4)5)21(29)25-17(13-16-11-9-8-10-12-16)20(28)26-18(14-34-7)22(30)31/h8-12,15,17-19H,13-14H2,1-7H3,(H,25,29)(H,26,28)(H,30,31). The summed E-state index contributed by atoms with van der Waals surface area (Å²) in [5, 5.41) is 14.7. The van der Waals surface area contributed by atoms with Crippen molar-refractivity contribution in [3.8, 4) is 0 Å². The Labute approximate surface area is 206 Å². The summed E-state index contributed by atoms with van der Waals surface area (Å²) in [5.74, 6) is -2.39. The molecule has 0 bridgehead atoms. The van der Waals surface area contributed by atoms with Crippen LogP contribution in [0.1, 0.15) is 40.2 Å². The maximum Gasteiger partial charge on any atom is 0.410 e. The number of nitrogens with zero attached hydrogens (tertiary/aromatic N) is 1. The van der Waals surface area contributed by atoms with E-state index >= 15 is 0 Å². The molecule has 1 aromatic carbocycles. The summed E-state index contributed by atoms with van der Waals surface area (Å²) < 4.78 is 5.39. The number of aliphatic carboxylic acids is 1. The van der Waals surface area contributed by atoms with Crippen molar-refractivity contribution in [3.05, 3.63) is 35.9 Å². The summed E-state index contributed by atoms with van der Waals surface area (Å²) in [5.41, 5.74) is 0.0589. The van der Waals surface area contributed by atoms with Crippen LogP contribution in [0.5, 0.6) is 0 Å². The lowest BCUT2D eigenvalue weighted by Crippen LogP contribution is -2.58. The molecule has 3 atom stereocenters. The molecule has 0 aromatic heterocycles. The van der Waals surface area contributed by atoms with Gasteiger partial charge in [-0.2, -0.15) is 11.8 Å². The van der Waals surface area contributed by atoms with Crippen LogP contribution in [0.4, 0.5) is 4.79 Å². The molecule has 0 saturated heterocycles. The number of carbonyl (C=O) groups excluding carboxylic acids is 3. The monoisotopic (exact) mass is 495 g/mol. The summed E-state index contributed by atoms with van der Waals surface area (Å²) in [4.78, 5) is 51.7. The van der Waals surface area contributed by atoms with Crippen LogP contribution in [0.2, 0.25) is 0 Å². The summed E-state index contributed by atoms with van der Waals surface area (Å²) >= 11 is 1.29. The number of amides is 3. The van der Waals surface area contributed by atoms with E-state index < -0.39 is 47.6 Å². The number of benzene rings is 1. The highest BCUT2D eigenvalue weighted by atomic mass is 32.2. The Morgan fingerprint density at radius 2 is 1.59 bits per heavy atom. The van der Waals surface area contributed by atoms with E-state index in [1.54, 1.807) is 40.9 Å². The SMILES string of the molecule is CSCC(NC(=O)C(Cc1ccccc1)NC(=O)C(C(C)C)N(C)C(=O)OC(C)(C)C)C(=O)O. The van der Waals surface area contributed by atoms with Gasteiger partial charge in [-0.25, -0.2) is 9.59 Å². The molecule has 9 nitrogen and oxygen atoms in total. The Kier molecular flexibility index (Phi) is 11.4. The highest BCUT2D eigenvalue weighted by Crippen LogP contribution is 2.16. The van der Waals surface area contributed by atoms with Crippen molar-refractivity contribution in [2.24, 2.45) is 5.92 Å². The third-order valence-electron chi connectivity index (χ3n) is 4.86. The smallest absolute Gasteiger partial charge is 0.410 e. The number of likely N-dealkylation sites (N-methyl/N-ethyl adjacent to an activating group) is 1. The molecule has 3 amide bonds. The fourth-order valence-corrected chi connectivity index (χ4v) is 3.86. The number of hydrogen-bond donors (Lipinski definition) is 3. The lowest BCUT2D eigenvalue weighted by Gasteiger charge is -2.33. The molecule has 0 radical (unpaired) electrons. The van der Waals surface area contributed by atoms with Crippen LogP contribution in [0.3, 0.4) is 0 Å². The second kappa shape index (κ2) is 13.2. The second-order valence-corrected chi connectivity index (χ2v) is 10.3. The number of carboxylic acids is 1. The maximum absolute atomic E-state index is 13.3. The van der Waals surface area contributed by atoms with Gasteiger partial charge in [-0.1, -0.05) is 44.2 Å². The molecule has 0 aliphatic heterocycles. The summed E-state index contributed by atoms with van der Waals surface area (Å²) in [6.07, 6.45) is 1.24. The molecule has 3 unspecified atom stereocenters. The van der Waals surface area contributed by atoms with Crippen molar-refractivity contribution < 1.29 is 29.0 Å². The molecule has 1 rings (SSSR count). The minimum absolute atomic E-state index is 0.158. The molecule has 1 aromatic rings. The molecule has 190 valence electrons. The van der Waals surface area contributed by atoms with Gasteiger partial charge in [-0.3, -0.25) is 14.5 Å².